The molecule has 0 bridgehead atoms. The lowest BCUT2D eigenvalue weighted by Crippen LogP contribution is -2.45. The maximum absolute atomic E-state index is 12.2. The molecule has 1 aromatic carbocycles. The number of amides is 2. The summed E-state index contributed by atoms with van der Waals surface area (Å²) < 4.78 is 9.80. The first-order valence-electron chi connectivity index (χ1n) is 9.07. The number of nitrogens with one attached hydrogen (secondary N) is 1. The predicted octanol–water partition coefficient (Wildman–Crippen LogP) is 2.54. The fraction of sp³-hybridized carbons (Fsp3) is 0.450. The van der Waals surface area contributed by atoms with Gasteiger partial charge in [-0.05, 0) is 32.3 Å². The second kappa shape index (κ2) is 12.5. The Morgan fingerprint density at radius 3 is 2.50 bits per heavy atom. The molecule has 2 amide bonds. The van der Waals surface area contributed by atoms with Gasteiger partial charge >= 0.3 is 12.1 Å². The Morgan fingerprint density at radius 2 is 1.93 bits per heavy atom. The van der Waals surface area contributed by atoms with Crippen LogP contribution in [0, 0.1) is 0 Å². The number of aliphatic carboxylic acids is 1. The van der Waals surface area contributed by atoms with Crippen LogP contribution in [0.3, 0.4) is 0 Å². The minimum atomic E-state index is -1.14. The van der Waals surface area contributed by atoms with Crippen LogP contribution in [0.1, 0.15) is 32.3 Å². The van der Waals surface area contributed by atoms with E-state index in [0.29, 0.717) is 19.4 Å². The molecular formula is C20H28N2O6. The molecule has 154 valence electrons. The summed E-state index contributed by atoms with van der Waals surface area (Å²) in [7, 11) is 1.68. The summed E-state index contributed by atoms with van der Waals surface area (Å²) in [5, 5.41) is 11.2. The van der Waals surface area contributed by atoms with Gasteiger partial charge in [-0.2, -0.15) is 0 Å². The van der Waals surface area contributed by atoms with Gasteiger partial charge in [0.25, 0.3) is 0 Å². The van der Waals surface area contributed by atoms with Gasteiger partial charge in [0.2, 0.25) is 5.91 Å². The zero-order valence-electron chi connectivity index (χ0n) is 16.5. The average molecular weight is 392 g/mol. The van der Waals surface area contributed by atoms with Crippen molar-refractivity contribution in [1.82, 2.24) is 10.2 Å². The van der Waals surface area contributed by atoms with E-state index in [1.54, 1.807) is 7.11 Å². The molecule has 1 fully saturated rings. The first-order valence-corrected chi connectivity index (χ1v) is 9.07. The van der Waals surface area contributed by atoms with Gasteiger partial charge in [-0.3, -0.25) is 9.69 Å². The maximum Gasteiger partial charge on any atom is 0.410 e. The number of benzene rings is 1. The van der Waals surface area contributed by atoms with Gasteiger partial charge in [0.15, 0.2) is 0 Å². The molecular weight excluding hydrogens is 364 g/mol. The fourth-order valence-corrected chi connectivity index (χ4v) is 2.56. The van der Waals surface area contributed by atoms with E-state index in [2.05, 4.69) is 10.1 Å². The first-order chi connectivity index (χ1) is 13.4. The van der Waals surface area contributed by atoms with Crippen LogP contribution >= 0.6 is 0 Å². The number of nitrogens with zero attached hydrogens (tertiary/aromatic N) is 1. The summed E-state index contributed by atoms with van der Waals surface area (Å²) in [6, 6.07) is 8.63. The Labute approximate surface area is 165 Å². The smallest absolute Gasteiger partial charge is 0.410 e. The van der Waals surface area contributed by atoms with Crippen LogP contribution < -0.4 is 5.32 Å². The van der Waals surface area contributed by atoms with Gasteiger partial charge in [-0.25, -0.2) is 9.59 Å². The number of carbonyl (C=O) groups excluding carboxylic acids is 2. The van der Waals surface area contributed by atoms with Crippen molar-refractivity contribution < 1.29 is 29.0 Å². The molecule has 1 saturated heterocycles. The van der Waals surface area contributed by atoms with E-state index in [0.717, 1.165) is 18.2 Å². The van der Waals surface area contributed by atoms with Crippen molar-refractivity contribution in [3.05, 3.63) is 47.7 Å². The molecule has 0 unspecified atom stereocenters. The zero-order chi connectivity index (χ0) is 20.9. The third kappa shape index (κ3) is 8.22. The predicted molar refractivity (Wildman–Crippen MR) is 103 cm³/mol. The van der Waals surface area contributed by atoms with E-state index >= 15 is 0 Å². The van der Waals surface area contributed by atoms with Crippen LogP contribution in [-0.2, 0) is 25.7 Å². The molecule has 8 heteroatoms. The van der Waals surface area contributed by atoms with Crippen molar-refractivity contribution in [2.45, 2.75) is 39.3 Å². The van der Waals surface area contributed by atoms with Crippen LogP contribution in [0.25, 0.3) is 0 Å². The maximum atomic E-state index is 12.2. The van der Waals surface area contributed by atoms with Gasteiger partial charge in [0, 0.05) is 32.0 Å². The zero-order valence-corrected chi connectivity index (χ0v) is 16.5. The Morgan fingerprint density at radius 1 is 1.29 bits per heavy atom. The van der Waals surface area contributed by atoms with Gasteiger partial charge in [-0.1, -0.05) is 30.3 Å². The summed E-state index contributed by atoms with van der Waals surface area (Å²) in [5.74, 6) is -1.54. The van der Waals surface area contributed by atoms with E-state index in [-0.39, 0.29) is 12.3 Å². The number of carboxylic acid groups (broad SMARTS) is 1. The number of allylic oxidation sites excluding steroid dienone is 1. The molecule has 28 heavy (non-hydrogen) atoms. The molecule has 0 radical (unpaired) electrons. The Hall–Kier alpha value is -2.87. The van der Waals surface area contributed by atoms with Crippen molar-refractivity contribution in [3.63, 3.8) is 0 Å². The standard InChI is InChI=1S/C17H20N2O5.C3H8O/c1-12(10-15(20)21)18-16(22)14-8-5-9-19(14)17(23)24-11-13-6-3-2-4-7-13;1-3-4-2/h2-4,6-7,10,14H,5,8-9,11H2,1H3,(H,18,22)(H,20,21);3H2,1-2H3/b12-10+;/t14-;/m0./s1. The van der Waals surface area contributed by atoms with E-state index in [1.807, 2.05) is 37.3 Å². The Bertz CT molecular complexity index is 673. The lowest BCUT2D eigenvalue weighted by molar-refractivity contribution is -0.131. The number of carbonyl (C=O) groups is 3. The van der Waals surface area contributed by atoms with Crippen molar-refractivity contribution >= 4 is 18.0 Å². The number of carboxylic acids is 1. The number of ether oxygens (including phenoxy) is 2. The summed E-state index contributed by atoms with van der Waals surface area (Å²) in [6.07, 6.45) is 1.58. The van der Waals surface area contributed by atoms with Crippen molar-refractivity contribution in [3.8, 4) is 0 Å². The molecule has 0 aliphatic carbocycles. The lowest BCUT2D eigenvalue weighted by atomic mass is 10.2. The van der Waals surface area contributed by atoms with Crippen molar-refractivity contribution in [1.29, 1.82) is 0 Å². The summed E-state index contributed by atoms with van der Waals surface area (Å²) in [5.41, 5.74) is 1.09. The average Bonchev–Trinajstić information content (AvgIpc) is 3.16. The highest BCUT2D eigenvalue weighted by Crippen LogP contribution is 2.19. The first kappa shape index (κ1) is 23.2. The molecule has 1 aliphatic rings. The molecule has 1 atom stereocenters. The molecule has 1 aliphatic heterocycles. The molecule has 1 aromatic rings. The third-order valence-electron chi connectivity index (χ3n) is 3.94. The van der Waals surface area contributed by atoms with Crippen LogP contribution in [0.2, 0.25) is 0 Å². The third-order valence-corrected chi connectivity index (χ3v) is 3.94. The topological polar surface area (TPSA) is 105 Å². The molecule has 1 heterocycles. The molecule has 0 spiro atoms. The highest BCUT2D eigenvalue weighted by Gasteiger charge is 2.35. The highest BCUT2D eigenvalue weighted by atomic mass is 16.6. The Balaban J connectivity index is 0.000000892. The van der Waals surface area contributed by atoms with Gasteiger partial charge in [-0.15, -0.1) is 0 Å². The van der Waals surface area contributed by atoms with Gasteiger partial charge in [0.05, 0.1) is 0 Å². The largest absolute Gasteiger partial charge is 0.478 e. The number of hydrogen-bond donors (Lipinski definition) is 2. The minimum Gasteiger partial charge on any atom is -0.478 e. The van der Waals surface area contributed by atoms with Crippen LogP contribution in [0.4, 0.5) is 4.79 Å². The Kier molecular flexibility index (Phi) is 10.3. The normalized spacial score (nSPS) is 16.0. The minimum absolute atomic E-state index is 0.141. The monoisotopic (exact) mass is 392 g/mol. The summed E-state index contributed by atoms with van der Waals surface area (Å²) in [4.78, 5) is 36.4. The van der Waals surface area contributed by atoms with Crippen LogP contribution in [0.5, 0.6) is 0 Å². The van der Waals surface area contributed by atoms with Crippen molar-refractivity contribution in [2.24, 2.45) is 0 Å². The SMILES string of the molecule is C/C(=C\C(=O)O)NC(=O)[C@@H]1CCCN1C(=O)OCc1ccccc1.CCOC. The van der Waals surface area contributed by atoms with Crippen LogP contribution in [0.15, 0.2) is 42.1 Å². The van der Waals surface area contributed by atoms with E-state index in [9.17, 15) is 14.4 Å². The molecule has 8 nitrogen and oxygen atoms in total. The molecule has 0 saturated carbocycles. The summed E-state index contributed by atoms with van der Waals surface area (Å²) >= 11 is 0. The molecule has 2 rings (SSSR count). The number of rotatable bonds is 6. The number of hydrogen-bond acceptors (Lipinski definition) is 5. The lowest BCUT2D eigenvalue weighted by Gasteiger charge is -2.23. The second-order valence-corrected chi connectivity index (χ2v) is 6.12. The second-order valence-electron chi connectivity index (χ2n) is 6.12. The highest BCUT2D eigenvalue weighted by molar-refractivity contribution is 5.88. The van der Waals surface area contributed by atoms with Crippen LogP contribution in [-0.4, -0.2) is 54.3 Å². The van der Waals surface area contributed by atoms with Gasteiger partial charge in [0.1, 0.15) is 12.6 Å². The molecule has 2 N–H and O–H groups in total. The van der Waals surface area contributed by atoms with E-state index in [4.69, 9.17) is 9.84 Å². The number of methoxy groups -OCH3 is 1. The van der Waals surface area contributed by atoms with Crippen molar-refractivity contribution in [2.75, 3.05) is 20.3 Å². The number of likely N-dealkylation sites (tertiary alicyclic amines) is 1. The fourth-order valence-electron chi connectivity index (χ4n) is 2.56. The van der Waals surface area contributed by atoms with E-state index in [1.165, 1.54) is 11.8 Å². The quantitative estimate of drug-likeness (QED) is 0.721. The summed E-state index contributed by atoms with van der Waals surface area (Å²) in [6.45, 7) is 4.84. The van der Waals surface area contributed by atoms with E-state index < -0.39 is 24.0 Å². The van der Waals surface area contributed by atoms with Gasteiger partial charge < -0.3 is 19.9 Å². The molecule has 0 aromatic heterocycles.